The Balaban J connectivity index is 1.86. The third-order valence-corrected chi connectivity index (χ3v) is 6.27. The second-order valence-electron chi connectivity index (χ2n) is 5.86. The van der Waals surface area contributed by atoms with Crippen LogP contribution in [0.1, 0.15) is 33.8 Å². The fourth-order valence-electron chi connectivity index (χ4n) is 2.70. The number of carbonyl (C=O) groups is 1. The lowest BCUT2D eigenvalue weighted by Gasteiger charge is -2.15. The number of hydrogen-bond acceptors (Lipinski definition) is 4. The first kappa shape index (κ1) is 17.6. The molecular weight excluding hydrogens is 356 g/mol. The zero-order chi connectivity index (χ0) is 18.2. The fourth-order valence-corrected chi connectivity index (χ4v) is 4.38. The molecule has 5 nitrogen and oxygen atoms in total. The van der Waals surface area contributed by atoms with Crippen LogP contribution < -0.4 is 10.5 Å². The van der Waals surface area contributed by atoms with Crippen LogP contribution in [-0.2, 0) is 10.0 Å². The van der Waals surface area contributed by atoms with Crippen molar-refractivity contribution < 1.29 is 13.2 Å². The number of hydrogen-bond donors (Lipinski definition) is 2. The third-order valence-electron chi connectivity index (χ3n) is 4.08. The molecule has 0 unspecified atom stereocenters. The summed E-state index contributed by atoms with van der Waals surface area (Å²) >= 11 is 1.45. The van der Waals surface area contributed by atoms with Gasteiger partial charge in [-0.3, -0.25) is 4.79 Å². The van der Waals surface area contributed by atoms with Gasteiger partial charge in [0.2, 0.25) is 10.0 Å². The first-order valence-electron chi connectivity index (χ1n) is 7.69. The van der Waals surface area contributed by atoms with Gasteiger partial charge in [0.15, 0.2) is 0 Å². The van der Waals surface area contributed by atoms with Gasteiger partial charge in [0.05, 0.1) is 15.8 Å². The van der Waals surface area contributed by atoms with Crippen molar-refractivity contribution in [2.75, 3.05) is 0 Å². The number of rotatable bonds is 4. The van der Waals surface area contributed by atoms with Crippen molar-refractivity contribution >= 4 is 37.4 Å². The fraction of sp³-hybridized carbons (Fsp3) is 0.167. The molecule has 1 heterocycles. The molecule has 0 aliphatic carbocycles. The molecule has 0 aliphatic rings. The van der Waals surface area contributed by atoms with Gasteiger partial charge in [0, 0.05) is 4.70 Å². The van der Waals surface area contributed by atoms with Crippen LogP contribution in [0.15, 0.2) is 53.4 Å². The standard InChI is InChI=1S/C18H18N2O3S2/c1-11-15-8-3-4-9-16(15)24-17(11)18(21)20-12(2)13-6-5-7-14(10-13)25(19,22)23/h3-10,12H,1-2H3,(H,20,21)(H2,19,22,23)/t12-/m1/s1. The molecule has 1 amide bonds. The summed E-state index contributed by atoms with van der Waals surface area (Å²) < 4.78 is 24.0. The summed E-state index contributed by atoms with van der Waals surface area (Å²) in [5.41, 5.74) is 1.63. The number of nitrogens with two attached hydrogens (primary N) is 1. The highest BCUT2D eigenvalue weighted by Gasteiger charge is 2.18. The predicted molar refractivity (Wildman–Crippen MR) is 100 cm³/mol. The van der Waals surface area contributed by atoms with E-state index in [9.17, 15) is 13.2 Å². The number of thiophene rings is 1. The molecule has 0 spiro atoms. The van der Waals surface area contributed by atoms with Gasteiger partial charge in [-0.05, 0) is 48.6 Å². The van der Waals surface area contributed by atoms with E-state index in [4.69, 9.17) is 5.14 Å². The molecule has 3 aromatic rings. The van der Waals surface area contributed by atoms with Gasteiger partial charge in [-0.2, -0.15) is 0 Å². The van der Waals surface area contributed by atoms with Gasteiger partial charge in [0.1, 0.15) is 0 Å². The summed E-state index contributed by atoms with van der Waals surface area (Å²) in [6.07, 6.45) is 0. The number of nitrogens with one attached hydrogen (secondary N) is 1. The molecule has 7 heteroatoms. The quantitative estimate of drug-likeness (QED) is 0.734. The Morgan fingerprint density at radius 3 is 2.56 bits per heavy atom. The van der Waals surface area contributed by atoms with Crippen LogP contribution in [0.2, 0.25) is 0 Å². The molecule has 3 rings (SSSR count). The van der Waals surface area contributed by atoms with E-state index in [2.05, 4.69) is 5.32 Å². The molecule has 3 N–H and O–H groups in total. The maximum Gasteiger partial charge on any atom is 0.262 e. The zero-order valence-corrected chi connectivity index (χ0v) is 15.4. The smallest absolute Gasteiger partial charge is 0.262 e. The van der Waals surface area contributed by atoms with E-state index in [1.807, 2.05) is 38.1 Å². The minimum atomic E-state index is -3.77. The van der Waals surface area contributed by atoms with Crippen LogP contribution in [0.5, 0.6) is 0 Å². The number of aryl methyl sites for hydroxylation is 1. The van der Waals surface area contributed by atoms with E-state index in [0.29, 0.717) is 10.4 Å². The van der Waals surface area contributed by atoms with E-state index in [-0.39, 0.29) is 16.8 Å². The van der Waals surface area contributed by atoms with Gasteiger partial charge in [-0.1, -0.05) is 30.3 Å². The molecule has 0 bridgehead atoms. The van der Waals surface area contributed by atoms with E-state index >= 15 is 0 Å². The van der Waals surface area contributed by atoms with Crippen molar-refractivity contribution in [3.05, 3.63) is 64.5 Å². The normalized spacial score (nSPS) is 12.9. The van der Waals surface area contributed by atoms with Gasteiger partial charge >= 0.3 is 0 Å². The van der Waals surface area contributed by atoms with Crippen LogP contribution in [-0.4, -0.2) is 14.3 Å². The van der Waals surface area contributed by atoms with Crippen molar-refractivity contribution in [1.29, 1.82) is 0 Å². The van der Waals surface area contributed by atoms with Crippen LogP contribution in [0.4, 0.5) is 0 Å². The van der Waals surface area contributed by atoms with Crippen LogP contribution >= 0.6 is 11.3 Å². The van der Waals surface area contributed by atoms with E-state index < -0.39 is 10.0 Å². The lowest BCUT2D eigenvalue weighted by Crippen LogP contribution is -2.26. The lowest BCUT2D eigenvalue weighted by molar-refractivity contribution is 0.0943. The summed E-state index contributed by atoms with van der Waals surface area (Å²) in [5.74, 6) is -0.174. The molecule has 1 aromatic heterocycles. The molecule has 0 radical (unpaired) electrons. The molecule has 0 saturated heterocycles. The highest BCUT2D eigenvalue weighted by atomic mass is 32.2. The second kappa shape index (κ2) is 6.59. The minimum Gasteiger partial charge on any atom is -0.345 e. The molecule has 0 aliphatic heterocycles. The first-order chi connectivity index (χ1) is 11.8. The Hall–Kier alpha value is -2.22. The van der Waals surface area contributed by atoms with Gasteiger partial charge < -0.3 is 5.32 Å². The molecular formula is C18H18N2O3S2. The lowest BCUT2D eigenvalue weighted by atomic mass is 10.1. The second-order valence-corrected chi connectivity index (χ2v) is 8.48. The van der Waals surface area contributed by atoms with Crippen molar-refractivity contribution in [3.63, 3.8) is 0 Å². The molecule has 2 aromatic carbocycles. The number of amides is 1. The average molecular weight is 374 g/mol. The zero-order valence-electron chi connectivity index (χ0n) is 13.8. The molecule has 0 saturated carbocycles. The number of carbonyl (C=O) groups excluding carboxylic acids is 1. The number of sulfonamides is 1. The van der Waals surface area contributed by atoms with E-state index in [0.717, 1.165) is 15.6 Å². The Morgan fingerprint density at radius 1 is 1.16 bits per heavy atom. The molecule has 0 fully saturated rings. The Kier molecular flexibility index (Phi) is 4.64. The van der Waals surface area contributed by atoms with Crippen molar-refractivity contribution in [3.8, 4) is 0 Å². The van der Waals surface area contributed by atoms with Crippen LogP contribution in [0, 0.1) is 6.92 Å². The SMILES string of the molecule is Cc1c(C(=O)N[C@H](C)c2cccc(S(N)(=O)=O)c2)sc2ccccc12. The highest BCUT2D eigenvalue weighted by molar-refractivity contribution is 7.89. The largest absolute Gasteiger partial charge is 0.345 e. The van der Waals surface area contributed by atoms with Crippen molar-refractivity contribution in [2.24, 2.45) is 5.14 Å². The molecule has 130 valence electrons. The van der Waals surface area contributed by atoms with Gasteiger partial charge in [-0.25, -0.2) is 13.6 Å². The summed E-state index contributed by atoms with van der Waals surface area (Å²) in [5, 5.41) is 9.17. The Morgan fingerprint density at radius 2 is 1.88 bits per heavy atom. The Labute approximate surface area is 150 Å². The number of primary sulfonamides is 1. The van der Waals surface area contributed by atoms with E-state index in [1.54, 1.807) is 12.1 Å². The van der Waals surface area contributed by atoms with Gasteiger partial charge in [0.25, 0.3) is 5.91 Å². The maximum absolute atomic E-state index is 12.7. The maximum atomic E-state index is 12.7. The highest BCUT2D eigenvalue weighted by Crippen LogP contribution is 2.31. The molecule has 25 heavy (non-hydrogen) atoms. The van der Waals surface area contributed by atoms with Crippen molar-refractivity contribution in [1.82, 2.24) is 5.32 Å². The summed E-state index contributed by atoms with van der Waals surface area (Å²) in [4.78, 5) is 13.4. The van der Waals surface area contributed by atoms with Crippen LogP contribution in [0.3, 0.4) is 0 Å². The van der Waals surface area contributed by atoms with Gasteiger partial charge in [-0.15, -0.1) is 11.3 Å². The first-order valence-corrected chi connectivity index (χ1v) is 10.1. The van der Waals surface area contributed by atoms with Crippen molar-refractivity contribution in [2.45, 2.75) is 24.8 Å². The van der Waals surface area contributed by atoms with Crippen LogP contribution in [0.25, 0.3) is 10.1 Å². The predicted octanol–water partition coefficient (Wildman–Crippen LogP) is 3.35. The molecule has 1 atom stereocenters. The number of benzene rings is 2. The summed E-state index contributed by atoms with van der Waals surface area (Å²) in [7, 11) is -3.77. The third kappa shape index (κ3) is 3.58. The minimum absolute atomic E-state index is 0.0316. The summed E-state index contributed by atoms with van der Waals surface area (Å²) in [6.45, 7) is 3.74. The topological polar surface area (TPSA) is 89.3 Å². The number of fused-ring (bicyclic) bond motifs is 1. The monoisotopic (exact) mass is 374 g/mol. The summed E-state index contributed by atoms with van der Waals surface area (Å²) in [6, 6.07) is 13.8. The Bertz CT molecular complexity index is 1060. The van der Waals surface area contributed by atoms with E-state index in [1.165, 1.54) is 23.5 Å². The average Bonchev–Trinajstić information content (AvgIpc) is 2.91.